The second kappa shape index (κ2) is 9.60. The van der Waals surface area contributed by atoms with Crippen molar-refractivity contribution in [3.8, 4) is 11.3 Å². The van der Waals surface area contributed by atoms with E-state index in [0.29, 0.717) is 27.9 Å². The first-order valence-electron chi connectivity index (χ1n) is 9.18. The average Bonchev–Trinajstić information content (AvgIpc) is 3.40. The highest BCUT2D eigenvalue weighted by Gasteiger charge is 2.19. The average molecular weight is 429 g/mol. The number of hydrazone groups is 1. The first-order chi connectivity index (χ1) is 14.1. The molecule has 150 valence electrons. The topological polar surface area (TPSA) is 82.5 Å². The second-order valence-corrected chi connectivity index (χ2v) is 6.99. The van der Waals surface area contributed by atoms with Crippen molar-refractivity contribution in [2.45, 2.75) is 20.8 Å². The van der Waals surface area contributed by atoms with E-state index in [1.54, 1.807) is 18.5 Å². The van der Waals surface area contributed by atoms with E-state index in [9.17, 15) is 4.79 Å². The van der Waals surface area contributed by atoms with Crippen LogP contribution in [0, 0.1) is 6.92 Å². The summed E-state index contributed by atoms with van der Waals surface area (Å²) in [5.74, 6) is 0.235. The summed E-state index contributed by atoms with van der Waals surface area (Å²) >= 11 is 7.45. The minimum absolute atomic E-state index is 0.241. The smallest absolute Gasteiger partial charge is 0.267 e. The Morgan fingerprint density at radius 2 is 2.03 bits per heavy atom. The third-order valence-corrected chi connectivity index (χ3v) is 5.21. The second-order valence-electron chi connectivity index (χ2n) is 5.81. The van der Waals surface area contributed by atoms with Crippen molar-refractivity contribution in [3.63, 3.8) is 0 Å². The maximum Gasteiger partial charge on any atom is 0.267 e. The number of carbonyl (C=O) groups is 1. The number of aromatic nitrogens is 2. The number of hydrazine groups is 1. The van der Waals surface area contributed by atoms with Gasteiger partial charge < -0.3 is 5.32 Å². The number of hydrogen-bond acceptors (Lipinski definition) is 7. The van der Waals surface area contributed by atoms with Crippen LogP contribution in [0.2, 0.25) is 5.02 Å². The van der Waals surface area contributed by atoms with Crippen molar-refractivity contribution in [2.24, 2.45) is 5.10 Å². The summed E-state index contributed by atoms with van der Waals surface area (Å²) in [6.07, 6.45) is 3.26. The fourth-order valence-corrected chi connectivity index (χ4v) is 3.71. The molecule has 1 amide bonds. The fraction of sp³-hybridized carbons (Fsp3) is 0.200. The predicted octanol–water partition coefficient (Wildman–Crippen LogP) is 4.76. The monoisotopic (exact) mass is 428 g/mol. The quantitative estimate of drug-likeness (QED) is 0.626. The molecule has 1 aromatic carbocycles. The van der Waals surface area contributed by atoms with Gasteiger partial charge in [0.25, 0.3) is 5.91 Å². The molecule has 0 radical (unpaired) electrons. The molecular formula is C20H21ClN6OS. The third kappa shape index (κ3) is 4.61. The molecule has 7 nitrogen and oxygen atoms in total. The Labute approximate surface area is 178 Å². The maximum absolute atomic E-state index is 12.7. The molecule has 0 saturated heterocycles. The highest BCUT2D eigenvalue weighted by Crippen LogP contribution is 2.29. The number of pyridine rings is 1. The zero-order valence-electron chi connectivity index (χ0n) is 16.3. The van der Waals surface area contributed by atoms with Gasteiger partial charge in [0.2, 0.25) is 0 Å². The molecule has 0 saturated carbocycles. The highest BCUT2D eigenvalue weighted by molar-refractivity contribution is 7.08. The van der Waals surface area contributed by atoms with Gasteiger partial charge in [0.1, 0.15) is 4.88 Å². The summed E-state index contributed by atoms with van der Waals surface area (Å²) in [4.78, 5) is 17.5. The molecule has 0 atom stereocenters. The van der Waals surface area contributed by atoms with Gasteiger partial charge in [0, 0.05) is 17.3 Å². The van der Waals surface area contributed by atoms with Gasteiger partial charge >= 0.3 is 0 Å². The van der Waals surface area contributed by atoms with Crippen molar-refractivity contribution in [1.29, 1.82) is 0 Å². The Balaban J connectivity index is 0.00000117. The Kier molecular flexibility index (Phi) is 6.92. The molecule has 3 heterocycles. The van der Waals surface area contributed by atoms with E-state index in [1.165, 1.54) is 16.7 Å². The number of nitrogens with zero attached hydrogens (tertiary/aromatic N) is 4. The van der Waals surface area contributed by atoms with Crippen LogP contribution in [-0.4, -0.2) is 28.0 Å². The molecule has 0 unspecified atom stereocenters. The van der Waals surface area contributed by atoms with Gasteiger partial charge in [-0.3, -0.25) is 4.79 Å². The van der Waals surface area contributed by atoms with Crippen LogP contribution >= 0.6 is 23.1 Å². The van der Waals surface area contributed by atoms with Crippen molar-refractivity contribution < 1.29 is 4.79 Å². The van der Waals surface area contributed by atoms with E-state index in [4.69, 9.17) is 11.6 Å². The number of nitrogens with one attached hydrogen (secondary N) is 2. The van der Waals surface area contributed by atoms with Crippen LogP contribution in [0.5, 0.6) is 0 Å². The number of rotatable bonds is 4. The lowest BCUT2D eigenvalue weighted by molar-refractivity contribution is 0.103. The van der Waals surface area contributed by atoms with E-state index in [1.807, 2.05) is 51.1 Å². The van der Waals surface area contributed by atoms with Crippen LogP contribution in [0.3, 0.4) is 0 Å². The van der Waals surface area contributed by atoms with E-state index in [-0.39, 0.29) is 5.91 Å². The molecule has 2 aromatic heterocycles. The lowest BCUT2D eigenvalue weighted by Crippen LogP contribution is -2.29. The van der Waals surface area contributed by atoms with Crippen molar-refractivity contribution in [3.05, 3.63) is 58.1 Å². The first kappa shape index (κ1) is 20.9. The summed E-state index contributed by atoms with van der Waals surface area (Å²) in [6, 6.07) is 11.4. The number of halogens is 1. The van der Waals surface area contributed by atoms with Gasteiger partial charge in [-0.2, -0.15) is 14.6 Å². The summed E-state index contributed by atoms with van der Waals surface area (Å²) in [6.45, 7) is 6.51. The van der Waals surface area contributed by atoms with Crippen molar-refractivity contribution in [1.82, 2.24) is 14.8 Å². The Morgan fingerprint density at radius 1 is 1.28 bits per heavy atom. The zero-order valence-corrected chi connectivity index (χ0v) is 17.9. The molecule has 1 aliphatic heterocycles. The van der Waals surface area contributed by atoms with E-state index < -0.39 is 0 Å². The molecule has 29 heavy (non-hydrogen) atoms. The van der Waals surface area contributed by atoms with E-state index in [2.05, 4.69) is 25.2 Å². The largest absolute Gasteiger partial charge is 0.320 e. The molecule has 2 N–H and O–H groups in total. The molecule has 0 fully saturated rings. The van der Waals surface area contributed by atoms with Crippen LogP contribution < -0.4 is 15.9 Å². The molecule has 3 aromatic rings. The number of anilines is 2. The minimum atomic E-state index is -0.241. The van der Waals surface area contributed by atoms with E-state index >= 15 is 0 Å². The van der Waals surface area contributed by atoms with Crippen LogP contribution in [0.1, 0.15) is 29.1 Å². The molecule has 4 rings (SSSR count). The molecular weight excluding hydrogens is 408 g/mol. The van der Waals surface area contributed by atoms with Crippen LogP contribution in [0.25, 0.3) is 11.3 Å². The molecule has 1 aliphatic rings. The SMILES string of the molecule is CC.Cc1c(-c2ccccc2)nsc1C(=O)Nc1cnc(N2N=CCN2)c(Cl)c1. The molecule has 0 bridgehead atoms. The lowest BCUT2D eigenvalue weighted by atomic mass is 10.1. The number of hydrogen-bond donors (Lipinski definition) is 2. The van der Waals surface area contributed by atoms with Crippen molar-refractivity contribution >= 4 is 46.8 Å². The highest BCUT2D eigenvalue weighted by atomic mass is 35.5. The Hall–Kier alpha value is -2.81. The van der Waals surface area contributed by atoms with Crippen LogP contribution in [0.4, 0.5) is 11.5 Å². The number of benzene rings is 1. The zero-order chi connectivity index (χ0) is 20.8. The van der Waals surface area contributed by atoms with Gasteiger partial charge in [-0.1, -0.05) is 55.8 Å². The van der Waals surface area contributed by atoms with Crippen LogP contribution in [0.15, 0.2) is 47.7 Å². The third-order valence-electron chi connectivity index (χ3n) is 3.99. The molecule has 9 heteroatoms. The predicted molar refractivity (Wildman–Crippen MR) is 120 cm³/mol. The maximum atomic E-state index is 12.7. The van der Waals surface area contributed by atoms with Crippen molar-refractivity contribution in [2.75, 3.05) is 17.0 Å². The van der Waals surface area contributed by atoms with Gasteiger partial charge in [-0.25, -0.2) is 10.4 Å². The van der Waals surface area contributed by atoms with Gasteiger partial charge in [-0.15, -0.1) is 0 Å². The lowest BCUT2D eigenvalue weighted by Gasteiger charge is -2.15. The summed E-state index contributed by atoms with van der Waals surface area (Å²) in [7, 11) is 0. The minimum Gasteiger partial charge on any atom is -0.320 e. The number of carbonyl (C=O) groups excluding carboxylic acids is 1. The van der Waals surface area contributed by atoms with Gasteiger partial charge in [0.15, 0.2) is 5.82 Å². The summed E-state index contributed by atoms with van der Waals surface area (Å²) in [5.41, 5.74) is 6.14. The Morgan fingerprint density at radius 3 is 2.69 bits per heavy atom. The van der Waals surface area contributed by atoms with Crippen LogP contribution in [-0.2, 0) is 0 Å². The first-order valence-corrected chi connectivity index (χ1v) is 10.3. The summed E-state index contributed by atoms with van der Waals surface area (Å²) < 4.78 is 4.44. The van der Waals surface area contributed by atoms with E-state index in [0.717, 1.165) is 16.8 Å². The Bertz CT molecular complexity index is 1020. The standard InChI is InChI=1S/C18H15ClN6OS.C2H6/c1-11-15(12-5-3-2-4-6-12)24-27-16(11)18(26)23-13-9-14(19)17(20-10-13)25-21-7-8-22-25;1-2/h2-7,9-10,22H,8H2,1H3,(H,23,26);1-2H3. The normalized spacial score (nSPS) is 12.5. The van der Waals surface area contributed by atoms with Gasteiger partial charge in [0.05, 0.1) is 29.1 Å². The summed E-state index contributed by atoms with van der Waals surface area (Å²) in [5, 5.41) is 8.81. The fourth-order valence-electron chi connectivity index (χ4n) is 2.68. The molecule has 0 spiro atoms. The molecule has 0 aliphatic carbocycles. The van der Waals surface area contributed by atoms with Gasteiger partial charge in [-0.05, 0) is 24.5 Å². The number of amides is 1.